The summed E-state index contributed by atoms with van der Waals surface area (Å²) < 4.78 is 5.00. The average Bonchev–Trinajstić information content (AvgIpc) is 3.01. The topological polar surface area (TPSA) is 98.3 Å². The number of anilines is 1. The first kappa shape index (κ1) is 12.8. The highest BCUT2D eigenvalue weighted by molar-refractivity contribution is 6.08. The zero-order chi connectivity index (χ0) is 14.8. The second-order valence-corrected chi connectivity index (χ2v) is 4.22. The molecule has 0 bridgehead atoms. The molecule has 7 nitrogen and oxygen atoms in total. The Hall–Kier alpha value is -3.22. The molecule has 0 saturated heterocycles. The molecule has 1 aromatic carbocycles. The fourth-order valence-electron chi connectivity index (χ4n) is 2.01. The van der Waals surface area contributed by atoms with Crippen molar-refractivity contribution >= 4 is 28.2 Å². The van der Waals surface area contributed by atoms with E-state index in [4.69, 9.17) is 4.42 Å². The number of rotatable bonds is 3. The molecule has 3 rings (SSSR count). The highest BCUT2D eigenvalue weighted by atomic mass is 16.6. The van der Waals surface area contributed by atoms with Gasteiger partial charge in [-0.1, -0.05) is 0 Å². The summed E-state index contributed by atoms with van der Waals surface area (Å²) in [7, 11) is 0. The van der Waals surface area contributed by atoms with Crippen LogP contribution in [-0.2, 0) is 0 Å². The van der Waals surface area contributed by atoms with E-state index in [1.54, 1.807) is 18.2 Å². The summed E-state index contributed by atoms with van der Waals surface area (Å²) in [5.74, 6) is -0.293. The van der Waals surface area contributed by atoms with Gasteiger partial charge in [0.2, 0.25) is 0 Å². The van der Waals surface area contributed by atoms with Gasteiger partial charge in [0.25, 0.3) is 11.6 Å². The smallest absolute Gasteiger partial charge is 0.291 e. The van der Waals surface area contributed by atoms with Gasteiger partial charge >= 0.3 is 0 Å². The van der Waals surface area contributed by atoms with Crippen molar-refractivity contribution in [2.24, 2.45) is 0 Å². The van der Waals surface area contributed by atoms with Crippen LogP contribution in [0, 0.1) is 10.1 Å². The summed E-state index contributed by atoms with van der Waals surface area (Å²) in [6.07, 6.45) is 2.90. The van der Waals surface area contributed by atoms with Crippen LogP contribution in [0.15, 0.2) is 53.3 Å². The van der Waals surface area contributed by atoms with Gasteiger partial charge in [0, 0.05) is 12.3 Å². The lowest BCUT2D eigenvalue weighted by Crippen LogP contribution is -2.11. The molecule has 21 heavy (non-hydrogen) atoms. The van der Waals surface area contributed by atoms with E-state index in [2.05, 4.69) is 10.3 Å². The number of fused-ring (bicyclic) bond motifs is 1. The van der Waals surface area contributed by atoms with Crippen molar-refractivity contribution in [3.05, 3.63) is 64.7 Å². The molecule has 2 heterocycles. The normalized spacial score (nSPS) is 10.5. The van der Waals surface area contributed by atoms with E-state index in [0.717, 1.165) is 0 Å². The molecule has 0 aliphatic heterocycles. The minimum absolute atomic E-state index is 0.0610. The fourth-order valence-corrected chi connectivity index (χ4v) is 2.01. The van der Waals surface area contributed by atoms with Crippen molar-refractivity contribution in [3.63, 3.8) is 0 Å². The minimum Gasteiger partial charge on any atom is -0.459 e. The number of nitrogens with one attached hydrogen (secondary N) is 1. The Bertz CT molecular complexity index is 827. The van der Waals surface area contributed by atoms with Crippen LogP contribution < -0.4 is 5.32 Å². The number of benzene rings is 1. The summed E-state index contributed by atoms with van der Waals surface area (Å²) in [5, 5.41) is 14.0. The Morgan fingerprint density at radius 3 is 2.81 bits per heavy atom. The number of hydrogen-bond acceptors (Lipinski definition) is 5. The molecular weight excluding hydrogens is 274 g/mol. The number of furan rings is 1. The third kappa shape index (κ3) is 2.32. The van der Waals surface area contributed by atoms with E-state index in [1.807, 2.05) is 0 Å². The first-order chi connectivity index (χ1) is 10.2. The van der Waals surface area contributed by atoms with E-state index in [1.165, 1.54) is 30.7 Å². The number of nitro benzene ring substituents is 1. The number of carbonyl (C=O) groups excluding carboxylic acids is 1. The van der Waals surface area contributed by atoms with Gasteiger partial charge in [-0.05, 0) is 30.3 Å². The lowest BCUT2D eigenvalue weighted by Gasteiger charge is -2.07. The number of nitro groups is 1. The SMILES string of the molecule is O=C(Nc1ccc([N+](=O)[O-])c2cccnc12)c1ccco1. The highest BCUT2D eigenvalue weighted by Crippen LogP contribution is 2.29. The molecule has 3 aromatic rings. The van der Waals surface area contributed by atoms with Gasteiger partial charge in [-0.25, -0.2) is 0 Å². The number of non-ortho nitro benzene ring substituents is 1. The summed E-state index contributed by atoms with van der Waals surface area (Å²) in [5.41, 5.74) is 0.679. The summed E-state index contributed by atoms with van der Waals surface area (Å²) >= 11 is 0. The maximum absolute atomic E-state index is 12.0. The third-order valence-electron chi connectivity index (χ3n) is 2.94. The largest absolute Gasteiger partial charge is 0.459 e. The molecule has 0 atom stereocenters. The minimum atomic E-state index is -0.484. The number of carbonyl (C=O) groups is 1. The Morgan fingerprint density at radius 2 is 2.10 bits per heavy atom. The summed E-state index contributed by atoms with van der Waals surface area (Å²) in [6.45, 7) is 0. The molecule has 7 heteroatoms. The Kier molecular flexibility index (Phi) is 3.07. The molecule has 0 aliphatic rings. The van der Waals surface area contributed by atoms with Crippen molar-refractivity contribution in [2.45, 2.75) is 0 Å². The van der Waals surface area contributed by atoms with Crippen molar-refractivity contribution in [1.29, 1.82) is 0 Å². The number of amides is 1. The fraction of sp³-hybridized carbons (Fsp3) is 0. The molecule has 0 spiro atoms. The molecular formula is C14H9N3O4. The van der Waals surface area contributed by atoms with Gasteiger partial charge in [-0.2, -0.15) is 0 Å². The molecule has 1 amide bonds. The molecule has 1 N–H and O–H groups in total. The van der Waals surface area contributed by atoms with E-state index in [-0.39, 0.29) is 11.4 Å². The van der Waals surface area contributed by atoms with Crippen LogP contribution in [0.25, 0.3) is 10.9 Å². The maximum Gasteiger partial charge on any atom is 0.291 e. The van der Waals surface area contributed by atoms with Gasteiger partial charge in [0.1, 0.15) is 5.52 Å². The van der Waals surface area contributed by atoms with Crippen LogP contribution in [-0.4, -0.2) is 15.8 Å². The summed E-state index contributed by atoms with van der Waals surface area (Å²) in [6, 6.07) is 9.10. The van der Waals surface area contributed by atoms with Gasteiger partial charge in [-0.15, -0.1) is 0 Å². The molecule has 0 unspecified atom stereocenters. The lowest BCUT2D eigenvalue weighted by atomic mass is 10.1. The van der Waals surface area contributed by atoms with Crippen LogP contribution in [0.3, 0.4) is 0 Å². The molecule has 104 valence electrons. The zero-order valence-electron chi connectivity index (χ0n) is 10.6. The van der Waals surface area contributed by atoms with Crippen LogP contribution in [0.2, 0.25) is 0 Å². The van der Waals surface area contributed by atoms with Crippen molar-refractivity contribution in [2.75, 3.05) is 5.32 Å². The highest BCUT2D eigenvalue weighted by Gasteiger charge is 2.17. The van der Waals surface area contributed by atoms with Crippen LogP contribution in [0.5, 0.6) is 0 Å². The van der Waals surface area contributed by atoms with E-state index < -0.39 is 10.8 Å². The second kappa shape index (κ2) is 5.04. The third-order valence-corrected chi connectivity index (χ3v) is 2.94. The molecule has 0 aliphatic carbocycles. The first-order valence-corrected chi connectivity index (χ1v) is 6.04. The number of nitrogens with zero attached hydrogens (tertiary/aromatic N) is 2. The van der Waals surface area contributed by atoms with Gasteiger partial charge in [0.05, 0.1) is 22.3 Å². The quantitative estimate of drug-likeness (QED) is 0.588. The molecule has 0 fully saturated rings. The maximum atomic E-state index is 12.0. The zero-order valence-corrected chi connectivity index (χ0v) is 10.6. The average molecular weight is 283 g/mol. The van der Waals surface area contributed by atoms with Gasteiger partial charge in [0.15, 0.2) is 5.76 Å². The van der Waals surface area contributed by atoms with Crippen molar-refractivity contribution in [3.8, 4) is 0 Å². The predicted molar refractivity (Wildman–Crippen MR) is 75.1 cm³/mol. The van der Waals surface area contributed by atoms with Crippen LogP contribution >= 0.6 is 0 Å². The number of pyridine rings is 1. The molecule has 2 aromatic heterocycles. The van der Waals surface area contributed by atoms with Crippen LogP contribution in [0.1, 0.15) is 10.6 Å². The van der Waals surface area contributed by atoms with Gasteiger partial charge < -0.3 is 9.73 Å². The second-order valence-electron chi connectivity index (χ2n) is 4.22. The van der Waals surface area contributed by atoms with E-state index in [0.29, 0.717) is 16.6 Å². The standard InChI is InChI=1S/C14H9N3O4/c18-14(12-4-2-8-21-12)16-10-5-6-11(17(19)20)9-3-1-7-15-13(9)10/h1-8H,(H,16,18). The Balaban J connectivity index is 2.06. The van der Waals surface area contributed by atoms with Gasteiger partial charge in [-0.3, -0.25) is 19.9 Å². The predicted octanol–water partition coefficient (Wildman–Crippen LogP) is 2.99. The van der Waals surface area contributed by atoms with Crippen molar-refractivity contribution in [1.82, 2.24) is 4.98 Å². The molecule has 0 radical (unpaired) electrons. The van der Waals surface area contributed by atoms with Crippen molar-refractivity contribution < 1.29 is 14.1 Å². The Morgan fingerprint density at radius 1 is 1.24 bits per heavy atom. The first-order valence-electron chi connectivity index (χ1n) is 6.04. The van der Waals surface area contributed by atoms with E-state index >= 15 is 0 Å². The van der Waals surface area contributed by atoms with E-state index in [9.17, 15) is 14.9 Å². The molecule has 0 saturated carbocycles. The Labute approximate surface area is 118 Å². The number of aromatic nitrogens is 1. The van der Waals surface area contributed by atoms with Crippen LogP contribution in [0.4, 0.5) is 11.4 Å². The monoisotopic (exact) mass is 283 g/mol. The summed E-state index contributed by atoms with van der Waals surface area (Å²) in [4.78, 5) is 26.6. The number of hydrogen-bond donors (Lipinski definition) is 1. The lowest BCUT2D eigenvalue weighted by molar-refractivity contribution is -0.383.